The Morgan fingerprint density at radius 1 is 1.44 bits per heavy atom. The summed E-state index contributed by atoms with van der Waals surface area (Å²) in [6.07, 6.45) is 1.33. The predicted molar refractivity (Wildman–Crippen MR) is 72.8 cm³/mol. The summed E-state index contributed by atoms with van der Waals surface area (Å²) in [5.41, 5.74) is 2.18. The Morgan fingerprint density at radius 2 is 2.17 bits per heavy atom. The molecule has 1 aromatic carbocycles. The van der Waals surface area contributed by atoms with Gasteiger partial charge in [0, 0.05) is 24.3 Å². The summed E-state index contributed by atoms with van der Waals surface area (Å²) < 4.78 is 5.62. The molecule has 3 heteroatoms. The van der Waals surface area contributed by atoms with Crippen LogP contribution in [-0.4, -0.2) is 35.8 Å². The fourth-order valence-electron chi connectivity index (χ4n) is 2.77. The number of hydrogen-bond acceptors (Lipinski definition) is 3. The van der Waals surface area contributed by atoms with E-state index in [1.807, 2.05) is 6.07 Å². The summed E-state index contributed by atoms with van der Waals surface area (Å²) in [4.78, 5) is 2.31. The Kier molecular flexibility index (Phi) is 3.93. The standard InChI is InChI=1S/C15H23NO2/c1-10-5-6-15(17)13(9-10)11(2)16(4)14-7-8-18-12(14)3/h5-6,9,11-12,14,17H,7-8H2,1-4H3. The molecular formula is C15H23NO2. The minimum atomic E-state index is 0.194. The predicted octanol–water partition coefficient (Wildman–Crippen LogP) is 2.87. The van der Waals surface area contributed by atoms with Crippen LogP contribution in [0.5, 0.6) is 5.75 Å². The summed E-state index contributed by atoms with van der Waals surface area (Å²) in [7, 11) is 2.11. The Balaban J connectivity index is 2.19. The topological polar surface area (TPSA) is 32.7 Å². The van der Waals surface area contributed by atoms with E-state index in [4.69, 9.17) is 4.74 Å². The summed E-state index contributed by atoms with van der Waals surface area (Å²) in [5, 5.41) is 10.0. The van der Waals surface area contributed by atoms with E-state index in [0.717, 1.165) is 18.6 Å². The molecule has 3 atom stereocenters. The molecular weight excluding hydrogens is 226 g/mol. The summed E-state index contributed by atoms with van der Waals surface area (Å²) in [5.74, 6) is 0.381. The average molecular weight is 249 g/mol. The second-order valence-corrected chi connectivity index (χ2v) is 5.34. The van der Waals surface area contributed by atoms with Crippen molar-refractivity contribution in [3.8, 4) is 5.75 Å². The first-order chi connectivity index (χ1) is 8.50. The van der Waals surface area contributed by atoms with Crippen molar-refractivity contribution in [3.63, 3.8) is 0 Å². The van der Waals surface area contributed by atoms with Crippen LogP contribution < -0.4 is 0 Å². The normalized spacial score (nSPS) is 25.6. The second kappa shape index (κ2) is 5.29. The van der Waals surface area contributed by atoms with Crippen LogP contribution >= 0.6 is 0 Å². The summed E-state index contributed by atoms with van der Waals surface area (Å²) >= 11 is 0. The summed E-state index contributed by atoms with van der Waals surface area (Å²) in [6.45, 7) is 7.15. The third-order valence-corrected chi connectivity index (χ3v) is 4.10. The number of aryl methyl sites for hydroxylation is 1. The molecule has 1 N–H and O–H groups in total. The first-order valence-electron chi connectivity index (χ1n) is 6.63. The molecule has 1 heterocycles. The third-order valence-electron chi connectivity index (χ3n) is 4.10. The van der Waals surface area contributed by atoms with Gasteiger partial charge in [-0.1, -0.05) is 17.7 Å². The van der Waals surface area contributed by atoms with Crippen molar-refractivity contribution in [1.82, 2.24) is 4.90 Å². The maximum absolute atomic E-state index is 10.0. The average Bonchev–Trinajstić information content (AvgIpc) is 2.77. The molecule has 1 aromatic rings. The zero-order valence-electron chi connectivity index (χ0n) is 11.7. The lowest BCUT2D eigenvalue weighted by molar-refractivity contribution is 0.0699. The molecule has 1 aliphatic rings. The number of aromatic hydroxyl groups is 1. The number of hydrogen-bond donors (Lipinski definition) is 1. The molecule has 3 unspecified atom stereocenters. The van der Waals surface area contributed by atoms with Crippen LogP contribution in [-0.2, 0) is 4.74 Å². The molecule has 0 bridgehead atoms. The highest BCUT2D eigenvalue weighted by Gasteiger charge is 2.31. The van der Waals surface area contributed by atoms with Crippen LogP contribution in [0.3, 0.4) is 0 Å². The molecule has 2 rings (SSSR count). The zero-order chi connectivity index (χ0) is 13.3. The molecule has 18 heavy (non-hydrogen) atoms. The SMILES string of the molecule is Cc1ccc(O)c(C(C)N(C)C2CCOC2C)c1. The van der Waals surface area contributed by atoms with E-state index in [0.29, 0.717) is 11.8 Å². The number of rotatable bonds is 3. The lowest BCUT2D eigenvalue weighted by Gasteiger charge is -2.33. The number of likely N-dealkylation sites (N-methyl/N-ethyl adjacent to an activating group) is 1. The number of nitrogens with zero attached hydrogens (tertiary/aromatic N) is 1. The fraction of sp³-hybridized carbons (Fsp3) is 0.600. The molecule has 0 amide bonds. The maximum atomic E-state index is 10.0. The Labute approximate surface area is 109 Å². The van der Waals surface area contributed by atoms with Gasteiger partial charge >= 0.3 is 0 Å². The van der Waals surface area contributed by atoms with Gasteiger partial charge in [0.05, 0.1) is 6.10 Å². The van der Waals surface area contributed by atoms with Gasteiger partial charge in [0.1, 0.15) is 5.75 Å². The van der Waals surface area contributed by atoms with E-state index < -0.39 is 0 Å². The van der Waals surface area contributed by atoms with Gasteiger partial charge < -0.3 is 9.84 Å². The van der Waals surface area contributed by atoms with Crippen LogP contribution in [0.2, 0.25) is 0 Å². The molecule has 100 valence electrons. The van der Waals surface area contributed by atoms with E-state index in [9.17, 15) is 5.11 Å². The Bertz CT molecular complexity index is 419. The van der Waals surface area contributed by atoms with E-state index in [1.165, 1.54) is 5.56 Å². The van der Waals surface area contributed by atoms with E-state index in [1.54, 1.807) is 6.07 Å². The van der Waals surface area contributed by atoms with E-state index in [-0.39, 0.29) is 12.1 Å². The molecule has 0 aliphatic carbocycles. The molecule has 0 radical (unpaired) electrons. The van der Waals surface area contributed by atoms with Gasteiger partial charge in [-0.25, -0.2) is 0 Å². The Morgan fingerprint density at radius 3 is 2.78 bits per heavy atom. The minimum absolute atomic E-state index is 0.194. The van der Waals surface area contributed by atoms with Gasteiger partial charge in [0.15, 0.2) is 0 Å². The molecule has 1 fully saturated rings. The molecule has 0 saturated carbocycles. The van der Waals surface area contributed by atoms with Gasteiger partial charge in [-0.2, -0.15) is 0 Å². The fourth-order valence-corrected chi connectivity index (χ4v) is 2.77. The van der Waals surface area contributed by atoms with E-state index >= 15 is 0 Å². The quantitative estimate of drug-likeness (QED) is 0.894. The van der Waals surface area contributed by atoms with Crippen LogP contribution in [0.15, 0.2) is 18.2 Å². The highest BCUT2D eigenvalue weighted by Crippen LogP contribution is 2.32. The highest BCUT2D eigenvalue weighted by atomic mass is 16.5. The van der Waals surface area contributed by atoms with Crippen molar-refractivity contribution >= 4 is 0 Å². The largest absolute Gasteiger partial charge is 0.508 e. The lowest BCUT2D eigenvalue weighted by atomic mass is 10.0. The van der Waals surface area contributed by atoms with Crippen molar-refractivity contribution in [1.29, 1.82) is 0 Å². The van der Waals surface area contributed by atoms with Crippen molar-refractivity contribution in [2.45, 2.75) is 45.4 Å². The number of ether oxygens (including phenoxy) is 1. The van der Waals surface area contributed by atoms with Gasteiger partial charge in [0.25, 0.3) is 0 Å². The van der Waals surface area contributed by atoms with Crippen LogP contribution in [0.4, 0.5) is 0 Å². The zero-order valence-corrected chi connectivity index (χ0v) is 11.7. The smallest absolute Gasteiger partial charge is 0.120 e. The van der Waals surface area contributed by atoms with Crippen molar-refractivity contribution in [3.05, 3.63) is 29.3 Å². The number of phenols is 1. The molecule has 0 spiro atoms. The monoisotopic (exact) mass is 249 g/mol. The minimum Gasteiger partial charge on any atom is -0.508 e. The molecule has 3 nitrogen and oxygen atoms in total. The van der Waals surface area contributed by atoms with Crippen molar-refractivity contribution < 1.29 is 9.84 Å². The molecule has 0 aromatic heterocycles. The first kappa shape index (κ1) is 13.4. The first-order valence-corrected chi connectivity index (χ1v) is 6.63. The van der Waals surface area contributed by atoms with Crippen molar-refractivity contribution in [2.75, 3.05) is 13.7 Å². The van der Waals surface area contributed by atoms with Gasteiger partial charge in [-0.15, -0.1) is 0 Å². The number of phenolic OH excluding ortho intramolecular Hbond substituents is 1. The van der Waals surface area contributed by atoms with Crippen LogP contribution in [0.25, 0.3) is 0 Å². The second-order valence-electron chi connectivity index (χ2n) is 5.34. The van der Waals surface area contributed by atoms with Crippen molar-refractivity contribution in [2.24, 2.45) is 0 Å². The molecule has 1 aliphatic heterocycles. The summed E-state index contributed by atoms with van der Waals surface area (Å²) in [6, 6.07) is 6.41. The van der Waals surface area contributed by atoms with Crippen LogP contribution in [0.1, 0.15) is 37.4 Å². The van der Waals surface area contributed by atoms with Crippen LogP contribution in [0, 0.1) is 6.92 Å². The van der Waals surface area contributed by atoms with E-state index in [2.05, 4.69) is 38.8 Å². The van der Waals surface area contributed by atoms with Gasteiger partial charge in [0.2, 0.25) is 0 Å². The maximum Gasteiger partial charge on any atom is 0.120 e. The van der Waals surface area contributed by atoms with Gasteiger partial charge in [-0.05, 0) is 40.3 Å². The highest BCUT2D eigenvalue weighted by molar-refractivity contribution is 5.37. The third kappa shape index (κ3) is 2.52. The lowest BCUT2D eigenvalue weighted by Crippen LogP contribution is -2.38. The molecule has 1 saturated heterocycles. The van der Waals surface area contributed by atoms with Gasteiger partial charge in [-0.3, -0.25) is 4.90 Å². The Hall–Kier alpha value is -1.06. The number of benzene rings is 1.